The molecule has 0 aromatic heterocycles. The average Bonchev–Trinajstić information content (AvgIpc) is 2.19. The third-order valence-corrected chi connectivity index (χ3v) is 2.93. The first-order valence-corrected chi connectivity index (χ1v) is 5.15. The molecule has 3 nitrogen and oxygen atoms in total. The molecule has 2 atom stereocenters. The minimum Gasteiger partial charge on any atom is -0.359 e. The van der Waals surface area contributed by atoms with Crippen molar-refractivity contribution in [3.63, 3.8) is 0 Å². The van der Waals surface area contributed by atoms with Crippen LogP contribution in [-0.4, -0.2) is 26.0 Å². The van der Waals surface area contributed by atoms with Crippen LogP contribution in [0.3, 0.4) is 0 Å². The van der Waals surface area contributed by atoms with Crippen LogP contribution in [0.25, 0.3) is 0 Å². The van der Waals surface area contributed by atoms with Crippen LogP contribution in [0.1, 0.15) is 26.2 Å². The molecule has 0 saturated carbocycles. The molecule has 2 N–H and O–H groups in total. The summed E-state index contributed by atoms with van der Waals surface area (Å²) in [5, 5.41) is 6.05. The molecule has 3 heteroatoms. The highest BCUT2D eigenvalue weighted by atomic mass is 16.1. The zero-order chi connectivity index (χ0) is 9.68. The molecule has 1 fully saturated rings. The molecule has 2 unspecified atom stereocenters. The first kappa shape index (κ1) is 10.5. The lowest BCUT2D eigenvalue weighted by atomic mass is 9.85. The quantitative estimate of drug-likeness (QED) is 0.680. The summed E-state index contributed by atoms with van der Waals surface area (Å²) in [6.07, 6.45) is 3.19. The first-order chi connectivity index (χ1) is 6.24. The van der Waals surface area contributed by atoms with Gasteiger partial charge >= 0.3 is 0 Å². The Morgan fingerprint density at radius 1 is 1.69 bits per heavy atom. The van der Waals surface area contributed by atoms with E-state index in [1.165, 1.54) is 12.8 Å². The van der Waals surface area contributed by atoms with Crippen LogP contribution in [0.15, 0.2) is 0 Å². The Morgan fingerprint density at radius 3 is 3.00 bits per heavy atom. The van der Waals surface area contributed by atoms with E-state index in [0.29, 0.717) is 18.3 Å². The number of nitrogens with one attached hydrogen (secondary N) is 2. The number of rotatable bonds is 3. The van der Waals surface area contributed by atoms with E-state index in [2.05, 4.69) is 17.6 Å². The Balaban J connectivity index is 2.28. The molecule has 0 aromatic carbocycles. The van der Waals surface area contributed by atoms with Crippen molar-refractivity contribution in [3.05, 3.63) is 0 Å². The maximum Gasteiger partial charge on any atom is 0.220 e. The summed E-state index contributed by atoms with van der Waals surface area (Å²) in [6.45, 7) is 4.40. The minimum atomic E-state index is 0.165. The summed E-state index contributed by atoms with van der Waals surface area (Å²) in [4.78, 5) is 11.1. The Kier molecular flexibility index (Phi) is 4.22. The second-order valence-corrected chi connectivity index (χ2v) is 3.96. The molecular formula is C10H20N2O. The zero-order valence-corrected chi connectivity index (χ0v) is 8.60. The van der Waals surface area contributed by atoms with Gasteiger partial charge in [0, 0.05) is 13.5 Å². The molecule has 1 saturated heterocycles. The minimum absolute atomic E-state index is 0.165. The van der Waals surface area contributed by atoms with Crippen LogP contribution in [0.4, 0.5) is 0 Å². The van der Waals surface area contributed by atoms with Gasteiger partial charge in [0.05, 0.1) is 0 Å². The fraction of sp³-hybridized carbons (Fsp3) is 0.900. The van der Waals surface area contributed by atoms with Crippen LogP contribution < -0.4 is 10.6 Å². The first-order valence-electron chi connectivity index (χ1n) is 5.15. The highest BCUT2D eigenvalue weighted by Crippen LogP contribution is 2.22. The van der Waals surface area contributed by atoms with E-state index >= 15 is 0 Å². The summed E-state index contributed by atoms with van der Waals surface area (Å²) in [7, 11) is 1.70. The molecular weight excluding hydrogens is 164 g/mol. The van der Waals surface area contributed by atoms with Gasteiger partial charge < -0.3 is 10.6 Å². The van der Waals surface area contributed by atoms with Gasteiger partial charge in [-0.25, -0.2) is 0 Å². The maximum atomic E-state index is 11.1. The number of amides is 1. The summed E-state index contributed by atoms with van der Waals surface area (Å²) in [5.74, 6) is 1.36. The number of piperidine rings is 1. The molecule has 1 aliphatic heterocycles. The third kappa shape index (κ3) is 3.35. The topological polar surface area (TPSA) is 41.1 Å². The van der Waals surface area contributed by atoms with E-state index in [9.17, 15) is 4.79 Å². The lowest BCUT2D eigenvalue weighted by Crippen LogP contribution is -2.35. The summed E-state index contributed by atoms with van der Waals surface area (Å²) in [6, 6.07) is 0. The molecule has 0 aliphatic carbocycles. The van der Waals surface area contributed by atoms with Crippen molar-refractivity contribution >= 4 is 5.91 Å². The lowest BCUT2D eigenvalue weighted by molar-refractivity contribution is -0.121. The average molecular weight is 184 g/mol. The van der Waals surface area contributed by atoms with E-state index in [0.717, 1.165) is 13.1 Å². The molecule has 1 rings (SSSR count). The van der Waals surface area contributed by atoms with Crippen molar-refractivity contribution in [1.82, 2.24) is 10.6 Å². The largest absolute Gasteiger partial charge is 0.359 e. The van der Waals surface area contributed by atoms with Gasteiger partial charge in [-0.1, -0.05) is 6.92 Å². The standard InChI is InChI=1S/C10H20N2O/c1-8(6-10(13)11-2)9-4-3-5-12-7-9/h8-9,12H,3-7H2,1-2H3,(H,11,13). The zero-order valence-electron chi connectivity index (χ0n) is 8.60. The molecule has 0 radical (unpaired) electrons. The summed E-state index contributed by atoms with van der Waals surface area (Å²) in [5.41, 5.74) is 0. The van der Waals surface area contributed by atoms with E-state index in [1.807, 2.05) is 0 Å². The molecule has 1 aliphatic rings. The molecule has 0 spiro atoms. The van der Waals surface area contributed by atoms with Crippen molar-refractivity contribution in [2.45, 2.75) is 26.2 Å². The number of hydrogen-bond donors (Lipinski definition) is 2. The van der Waals surface area contributed by atoms with Crippen LogP contribution in [0.2, 0.25) is 0 Å². The predicted molar refractivity (Wildman–Crippen MR) is 53.4 cm³/mol. The van der Waals surface area contributed by atoms with Gasteiger partial charge in [0.25, 0.3) is 0 Å². The van der Waals surface area contributed by atoms with Crippen molar-refractivity contribution in [2.24, 2.45) is 11.8 Å². The highest BCUT2D eigenvalue weighted by Gasteiger charge is 2.21. The number of hydrogen-bond acceptors (Lipinski definition) is 2. The van der Waals surface area contributed by atoms with E-state index in [4.69, 9.17) is 0 Å². The summed E-state index contributed by atoms with van der Waals surface area (Å²) >= 11 is 0. The van der Waals surface area contributed by atoms with Gasteiger partial charge in [0.1, 0.15) is 0 Å². The SMILES string of the molecule is CNC(=O)CC(C)C1CCCNC1. The van der Waals surface area contributed by atoms with Crippen LogP contribution in [-0.2, 0) is 4.79 Å². The number of carbonyl (C=O) groups excluding carboxylic acids is 1. The molecule has 76 valence electrons. The van der Waals surface area contributed by atoms with Gasteiger partial charge in [0.2, 0.25) is 5.91 Å². The van der Waals surface area contributed by atoms with Gasteiger partial charge in [-0.15, -0.1) is 0 Å². The van der Waals surface area contributed by atoms with Gasteiger partial charge in [0.15, 0.2) is 0 Å². The fourth-order valence-electron chi connectivity index (χ4n) is 1.93. The Hall–Kier alpha value is -0.570. The smallest absolute Gasteiger partial charge is 0.220 e. The van der Waals surface area contributed by atoms with Crippen LogP contribution in [0, 0.1) is 11.8 Å². The second-order valence-electron chi connectivity index (χ2n) is 3.96. The molecule has 1 heterocycles. The fourth-order valence-corrected chi connectivity index (χ4v) is 1.93. The Bertz CT molecular complexity index is 164. The second kappa shape index (κ2) is 5.22. The van der Waals surface area contributed by atoms with E-state index in [-0.39, 0.29) is 5.91 Å². The van der Waals surface area contributed by atoms with Crippen molar-refractivity contribution in [2.75, 3.05) is 20.1 Å². The summed E-state index contributed by atoms with van der Waals surface area (Å²) < 4.78 is 0. The van der Waals surface area contributed by atoms with Crippen molar-refractivity contribution in [1.29, 1.82) is 0 Å². The molecule has 0 aromatic rings. The van der Waals surface area contributed by atoms with Crippen LogP contribution in [0.5, 0.6) is 0 Å². The Labute approximate surface area is 80.3 Å². The monoisotopic (exact) mass is 184 g/mol. The Morgan fingerprint density at radius 2 is 2.46 bits per heavy atom. The lowest BCUT2D eigenvalue weighted by Gasteiger charge is -2.27. The molecule has 0 bridgehead atoms. The normalized spacial score (nSPS) is 25.2. The number of carbonyl (C=O) groups is 1. The van der Waals surface area contributed by atoms with Gasteiger partial charge in [-0.2, -0.15) is 0 Å². The van der Waals surface area contributed by atoms with Gasteiger partial charge in [-0.3, -0.25) is 4.79 Å². The molecule has 1 amide bonds. The van der Waals surface area contributed by atoms with Crippen molar-refractivity contribution < 1.29 is 4.79 Å². The maximum absolute atomic E-state index is 11.1. The van der Waals surface area contributed by atoms with Crippen molar-refractivity contribution in [3.8, 4) is 0 Å². The van der Waals surface area contributed by atoms with Crippen LogP contribution >= 0.6 is 0 Å². The third-order valence-electron chi connectivity index (χ3n) is 2.93. The van der Waals surface area contributed by atoms with E-state index in [1.54, 1.807) is 7.05 Å². The highest BCUT2D eigenvalue weighted by molar-refractivity contribution is 5.75. The van der Waals surface area contributed by atoms with Gasteiger partial charge in [-0.05, 0) is 37.8 Å². The van der Waals surface area contributed by atoms with E-state index < -0.39 is 0 Å². The molecule has 13 heavy (non-hydrogen) atoms. The predicted octanol–water partition coefficient (Wildman–Crippen LogP) is 0.758.